The molecule has 3 aliphatic rings. The number of aromatic nitrogens is 1. The summed E-state index contributed by atoms with van der Waals surface area (Å²) in [4.78, 5) is 0. The number of fused-ring (bicyclic) bond motifs is 3. The van der Waals surface area contributed by atoms with Crippen LogP contribution in [0.3, 0.4) is 0 Å². The summed E-state index contributed by atoms with van der Waals surface area (Å²) in [5, 5.41) is 7.56. The van der Waals surface area contributed by atoms with Crippen LogP contribution in [0.1, 0.15) is 45.2 Å². The van der Waals surface area contributed by atoms with Gasteiger partial charge in [-0.1, -0.05) is 146 Å². The molecule has 0 aliphatic heterocycles. The minimum atomic E-state index is 0.113. The van der Waals surface area contributed by atoms with E-state index in [2.05, 4.69) is 174 Å². The Morgan fingerprint density at radius 1 is 0.407 bits per heavy atom. The topological polar surface area (TPSA) is 18.1 Å². The van der Waals surface area contributed by atoms with E-state index in [9.17, 15) is 0 Å². The lowest BCUT2D eigenvalue weighted by Crippen LogP contribution is -2.29. The summed E-state index contributed by atoms with van der Waals surface area (Å²) in [5.74, 6) is 0.230. The molecule has 2 heteroatoms. The molecule has 3 aliphatic carbocycles. The molecule has 0 atom stereocenters. The third-order valence-corrected chi connectivity index (χ3v) is 12.5. The number of hydrogen-bond donors (Lipinski definition) is 0. The summed E-state index contributed by atoms with van der Waals surface area (Å²) in [6.45, 7) is 0. The van der Waals surface area contributed by atoms with Gasteiger partial charge in [-0.05, 0) is 91.2 Å². The van der Waals surface area contributed by atoms with Crippen molar-refractivity contribution in [3.8, 4) is 27.9 Å². The molecule has 0 amide bonds. The zero-order valence-corrected chi connectivity index (χ0v) is 29.3. The maximum atomic E-state index is 6.53. The minimum absolute atomic E-state index is 0.113. The van der Waals surface area contributed by atoms with E-state index in [1.54, 1.807) is 0 Å². The average molecular weight is 686 g/mol. The van der Waals surface area contributed by atoms with Gasteiger partial charge in [-0.3, -0.25) is 0 Å². The molecule has 0 unspecified atom stereocenters. The van der Waals surface area contributed by atoms with Crippen molar-refractivity contribution >= 4 is 54.5 Å². The van der Waals surface area contributed by atoms with Crippen LogP contribution < -0.4 is 0 Å². The van der Waals surface area contributed by atoms with Gasteiger partial charge in [-0.15, -0.1) is 0 Å². The van der Waals surface area contributed by atoms with Gasteiger partial charge in [0.15, 0.2) is 0 Å². The number of nitrogens with zero attached hydrogens (tertiary/aromatic N) is 1. The molecule has 0 spiro atoms. The highest BCUT2D eigenvalue weighted by atomic mass is 16.3. The lowest BCUT2D eigenvalue weighted by molar-refractivity contribution is 0.670. The number of benzene rings is 9. The Bertz CT molecular complexity index is 3240. The molecular weight excluding hydrogens is 655 g/mol. The molecule has 250 valence electrons. The molecule has 14 rings (SSSR count). The second-order valence-electron chi connectivity index (χ2n) is 15.1. The van der Waals surface area contributed by atoms with Crippen LogP contribution in [0.15, 0.2) is 180 Å². The van der Waals surface area contributed by atoms with E-state index in [1.165, 1.54) is 82.8 Å². The van der Waals surface area contributed by atoms with Crippen LogP contribution in [-0.4, -0.2) is 4.57 Å². The Balaban J connectivity index is 1.12. The van der Waals surface area contributed by atoms with Crippen molar-refractivity contribution in [1.82, 2.24) is 4.57 Å². The van der Waals surface area contributed by atoms with Crippen molar-refractivity contribution < 1.29 is 4.42 Å². The zero-order chi connectivity index (χ0) is 35.1. The summed E-state index contributed by atoms with van der Waals surface area (Å²) < 4.78 is 9.10. The van der Waals surface area contributed by atoms with E-state index >= 15 is 0 Å². The van der Waals surface area contributed by atoms with Crippen LogP contribution in [0.5, 0.6) is 0 Å². The highest BCUT2D eigenvalue weighted by Crippen LogP contribution is 2.59. The first-order valence-corrected chi connectivity index (χ1v) is 18.9. The normalized spacial score (nSPS) is 15.8. The maximum Gasteiger partial charge on any atom is 0.143 e. The molecular formula is C52H31NO. The zero-order valence-electron chi connectivity index (χ0n) is 29.3. The summed E-state index contributed by atoms with van der Waals surface area (Å²) in [5.41, 5.74) is 19.0. The van der Waals surface area contributed by atoms with Crippen LogP contribution in [0, 0.1) is 0 Å². The van der Waals surface area contributed by atoms with Crippen molar-refractivity contribution in [3.63, 3.8) is 0 Å². The number of hydrogen-bond acceptors (Lipinski definition) is 1. The van der Waals surface area contributed by atoms with Crippen LogP contribution in [-0.2, 0) is 0 Å². The van der Waals surface area contributed by atoms with Gasteiger partial charge in [0.1, 0.15) is 11.2 Å². The van der Waals surface area contributed by atoms with Crippen LogP contribution in [0.4, 0.5) is 0 Å². The third-order valence-electron chi connectivity index (χ3n) is 12.5. The molecule has 0 saturated heterocycles. The van der Waals surface area contributed by atoms with E-state index in [4.69, 9.17) is 4.42 Å². The quantitative estimate of drug-likeness (QED) is 0.169. The Labute approximate surface area is 311 Å². The Kier molecular flexibility index (Phi) is 5.50. The lowest BCUT2D eigenvalue weighted by atomic mass is 9.59. The molecule has 2 heterocycles. The van der Waals surface area contributed by atoms with Crippen molar-refractivity contribution in [1.29, 1.82) is 0 Å². The van der Waals surface area contributed by atoms with E-state index in [0.717, 1.165) is 33.1 Å². The van der Waals surface area contributed by atoms with Crippen molar-refractivity contribution in [2.75, 3.05) is 0 Å². The lowest BCUT2D eigenvalue weighted by Gasteiger charge is -2.44. The molecule has 11 aromatic rings. The predicted octanol–water partition coefficient (Wildman–Crippen LogP) is 13.6. The van der Waals surface area contributed by atoms with E-state index in [1.807, 2.05) is 6.07 Å². The van der Waals surface area contributed by atoms with Crippen molar-refractivity contribution in [2.45, 2.75) is 11.8 Å². The minimum Gasteiger partial charge on any atom is -0.455 e. The Morgan fingerprint density at radius 3 is 1.65 bits per heavy atom. The Morgan fingerprint density at radius 2 is 0.963 bits per heavy atom. The average Bonchev–Trinajstić information content (AvgIpc) is 3.79. The van der Waals surface area contributed by atoms with Crippen LogP contribution in [0.2, 0.25) is 0 Å². The highest BCUT2D eigenvalue weighted by molar-refractivity contribution is 6.24. The Hall–Kier alpha value is -6.90. The summed E-state index contributed by atoms with van der Waals surface area (Å²) in [6.07, 6.45) is 0. The summed E-state index contributed by atoms with van der Waals surface area (Å²) >= 11 is 0. The first kappa shape index (κ1) is 28.7. The first-order valence-electron chi connectivity index (χ1n) is 18.9. The second kappa shape index (κ2) is 10.4. The SMILES string of the molecule is c1cc(-c2ccc(-n3c4cccc5ccc6cccc3c6c54)c3c2C2c4ccccc4C3c3ccccc32)cc(-c2cccc3c2oc2ccccc23)c1. The van der Waals surface area contributed by atoms with Gasteiger partial charge >= 0.3 is 0 Å². The van der Waals surface area contributed by atoms with Gasteiger partial charge < -0.3 is 8.98 Å². The van der Waals surface area contributed by atoms with E-state index in [-0.39, 0.29) is 11.8 Å². The third kappa shape index (κ3) is 3.60. The van der Waals surface area contributed by atoms with Crippen molar-refractivity contribution in [2.24, 2.45) is 0 Å². The summed E-state index contributed by atoms with van der Waals surface area (Å²) in [7, 11) is 0. The molecule has 2 nitrogen and oxygen atoms in total. The highest BCUT2D eigenvalue weighted by Gasteiger charge is 2.44. The smallest absolute Gasteiger partial charge is 0.143 e. The fraction of sp³-hybridized carbons (Fsp3) is 0.0385. The maximum absolute atomic E-state index is 6.53. The van der Waals surface area contributed by atoms with Gasteiger partial charge in [0, 0.05) is 38.9 Å². The molecule has 0 saturated carbocycles. The number of rotatable bonds is 3. The predicted molar refractivity (Wildman–Crippen MR) is 222 cm³/mol. The summed E-state index contributed by atoms with van der Waals surface area (Å²) in [6, 6.07) is 65.3. The van der Waals surface area contributed by atoms with Gasteiger partial charge in [0.05, 0.1) is 16.7 Å². The van der Waals surface area contributed by atoms with Gasteiger partial charge in [0.2, 0.25) is 0 Å². The van der Waals surface area contributed by atoms with Gasteiger partial charge in [-0.2, -0.15) is 0 Å². The standard InChI is InChI=1S/C52H31NO/c1-3-18-39-37(16-1)48-38-17-2-4-19-40(38)49(39)51-44(53-42-22-8-11-30-25-26-31-12-9-23-43(53)47(31)46(30)42)28-27-34(50(48)51)32-13-7-14-33(29-32)35-20-10-21-41-36-15-5-6-24-45(36)54-52(35)41/h1-29,48-49H. The largest absolute Gasteiger partial charge is 0.455 e. The number of para-hydroxylation sites is 2. The molecule has 54 heavy (non-hydrogen) atoms. The van der Waals surface area contributed by atoms with Gasteiger partial charge in [-0.25, -0.2) is 0 Å². The molecule has 9 aromatic carbocycles. The first-order chi connectivity index (χ1) is 26.8. The fourth-order valence-corrected chi connectivity index (χ4v) is 10.4. The number of furan rings is 1. The van der Waals surface area contributed by atoms with Gasteiger partial charge in [0.25, 0.3) is 0 Å². The molecule has 0 fully saturated rings. The van der Waals surface area contributed by atoms with E-state index < -0.39 is 0 Å². The van der Waals surface area contributed by atoms with Crippen LogP contribution >= 0.6 is 0 Å². The fourth-order valence-electron chi connectivity index (χ4n) is 10.4. The van der Waals surface area contributed by atoms with Crippen LogP contribution in [0.25, 0.3) is 82.5 Å². The molecule has 2 bridgehead atoms. The van der Waals surface area contributed by atoms with E-state index in [0.29, 0.717) is 0 Å². The monoisotopic (exact) mass is 685 g/mol. The second-order valence-corrected chi connectivity index (χ2v) is 15.1. The molecule has 0 radical (unpaired) electrons. The molecule has 0 N–H and O–H groups in total. The molecule has 2 aromatic heterocycles. The van der Waals surface area contributed by atoms with Crippen molar-refractivity contribution in [3.05, 3.63) is 209 Å².